The van der Waals surface area contributed by atoms with Crippen molar-refractivity contribution in [3.63, 3.8) is 0 Å². The fourth-order valence-electron chi connectivity index (χ4n) is 4.53. The molecule has 0 unspecified atom stereocenters. The molecule has 0 saturated carbocycles. The van der Waals surface area contributed by atoms with E-state index in [4.69, 9.17) is 0 Å². The van der Waals surface area contributed by atoms with Crippen LogP contribution in [0.5, 0.6) is 0 Å². The maximum atomic E-state index is 15.2. The Hall–Kier alpha value is -4.73. The van der Waals surface area contributed by atoms with E-state index >= 15 is 4.39 Å². The molecule has 9 nitrogen and oxygen atoms in total. The number of anilines is 1. The lowest BCUT2D eigenvalue weighted by molar-refractivity contribution is 0.0695. The molecular formula is C25H19FN6O3. The molecule has 0 fully saturated rings. The molecule has 0 radical (unpaired) electrons. The van der Waals surface area contributed by atoms with E-state index in [1.165, 1.54) is 6.20 Å². The maximum absolute atomic E-state index is 15.2. The van der Waals surface area contributed by atoms with E-state index in [1.54, 1.807) is 27.7 Å². The summed E-state index contributed by atoms with van der Waals surface area (Å²) in [5, 5.41) is 20.8. The Bertz CT molecular complexity index is 1620. The molecule has 0 atom stereocenters. The number of carbonyl (C=O) groups is 1. The first kappa shape index (κ1) is 20.8. The molecule has 1 aliphatic rings. The van der Waals surface area contributed by atoms with Crippen molar-refractivity contribution in [3.05, 3.63) is 106 Å². The summed E-state index contributed by atoms with van der Waals surface area (Å²) in [5.74, 6) is -1.93. The van der Waals surface area contributed by atoms with Crippen molar-refractivity contribution in [2.24, 2.45) is 0 Å². The molecule has 5 aromatic rings. The molecular weight excluding hydrogens is 451 g/mol. The second-order valence-corrected chi connectivity index (χ2v) is 8.47. The minimum Gasteiger partial charge on any atom is -0.477 e. The third kappa shape index (κ3) is 3.55. The molecule has 6 rings (SSSR count). The molecule has 3 aromatic heterocycles. The standard InChI is InChI=1S/C25H19FN6O3/c26-20-8-18-22(9-23(20)31-12-16-10-27-29-21(16)14-31)30(13-19(24(18)33)25(34)35)11-15-2-4-17(5-3-15)32-7-1-6-28-32/h1-10,13H,11-12,14H2,(H,27,29)(H,34,35). The van der Waals surface area contributed by atoms with Crippen molar-refractivity contribution in [2.45, 2.75) is 19.6 Å². The van der Waals surface area contributed by atoms with Crippen LogP contribution in [0.15, 0.2) is 72.0 Å². The van der Waals surface area contributed by atoms with Crippen molar-refractivity contribution < 1.29 is 14.3 Å². The molecule has 0 bridgehead atoms. The molecule has 1 aliphatic heterocycles. The summed E-state index contributed by atoms with van der Waals surface area (Å²) in [6.07, 6.45) is 6.57. The molecule has 0 aliphatic carbocycles. The Kier molecular flexibility index (Phi) is 4.73. The van der Waals surface area contributed by atoms with E-state index in [0.717, 1.165) is 28.6 Å². The van der Waals surface area contributed by atoms with Crippen molar-refractivity contribution >= 4 is 22.6 Å². The van der Waals surface area contributed by atoms with Crippen LogP contribution in [0.2, 0.25) is 0 Å². The summed E-state index contributed by atoms with van der Waals surface area (Å²) < 4.78 is 18.6. The molecule has 0 amide bonds. The minimum absolute atomic E-state index is 0.0266. The van der Waals surface area contributed by atoms with Gasteiger partial charge in [-0.3, -0.25) is 9.89 Å². The van der Waals surface area contributed by atoms with Crippen LogP contribution in [0, 0.1) is 5.82 Å². The molecule has 0 spiro atoms. The second kappa shape index (κ2) is 7.94. The number of aromatic carboxylic acids is 1. The Morgan fingerprint density at radius 1 is 1.17 bits per heavy atom. The molecule has 0 saturated heterocycles. The predicted octanol–water partition coefficient (Wildman–Crippen LogP) is 3.32. The summed E-state index contributed by atoms with van der Waals surface area (Å²) in [7, 11) is 0. The van der Waals surface area contributed by atoms with Crippen LogP contribution in [-0.4, -0.2) is 35.6 Å². The number of hydrogen-bond acceptors (Lipinski definition) is 5. The number of halogens is 1. The molecule has 4 heterocycles. The van der Waals surface area contributed by atoms with Gasteiger partial charge >= 0.3 is 5.97 Å². The van der Waals surface area contributed by atoms with Gasteiger partial charge in [-0.2, -0.15) is 10.2 Å². The van der Waals surface area contributed by atoms with Crippen molar-refractivity contribution in [1.82, 2.24) is 24.5 Å². The zero-order chi connectivity index (χ0) is 24.1. The fourth-order valence-corrected chi connectivity index (χ4v) is 4.53. The summed E-state index contributed by atoms with van der Waals surface area (Å²) in [5.41, 5.74) is 3.36. The third-order valence-corrected chi connectivity index (χ3v) is 6.30. The van der Waals surface area contributed by atoms with Gasteiger partial charge in [0.1, 0.15) is 11.4 Å². The number of pyridine rings is 1. The first-order valence-corrected chi connectivity index (χ1v) is 10.9. The van der Waals surface area contributed by atoms with Crippen LogP contribution < -0.4 is 10.3 Å². The number of nitrogens with zero attached hydrogens (tertiary/aromatic N) is 5. The minimum atomic E-state index is -1.35. The molecule has 35 heavy (non-hydrogen) atoms. The van der Waals surface area contributed by atoms with Gasteiger partial charge in [-0.1, -0.05) is 12.1 Å². The highest BCUT2D eigenvalue weighted by Crippen LogP contribution is 2.31. The van der Waals surface area contributed by atoms with E-state index in [9.17, 15) is 14.7 Å². The maximum Gasteiger partial charge on any atom is 0.341 e. The number of benzene rings is 2. The average molecular weight is 470 g/mol. The monoisotopic (exact) mass is 470 g/mol. The summed E-state index contributed by atoms with van der Waals surface area (Å²) in [6, 6.07) is 12.2. The Balaban J connectivity index is 1.44. The van der Waals surface area contributed by atoms with E-state index in [1.807, 2.05) is 41.4 Å². The Morgan fingerprint density at radius 2 is 2.00 bits per heavy atom. The summed E-state index contributed by atoms with van der Waals surface area (Å²) >= 11 is 0. The lowest BCUT2D eigenvalue weighted by Gasteiger charge is -2.21. The molecule has 2 N–H and O–H groups in total. The average Bonchev–Trinajstić information content (AvgIpc) is 3.59. The van der Waals surface area contributed by atoms with Gasteiger partial charge in [-0.05, 0) is 35.9 Å². The largest absolute Gasteiger partial charge is 0.477 e. The second-order valence-electron chi connectivity index (χ2n) is 8.47. The molecule has 2 aromatic carbocycles. The quantitative estimate of drug-likeness (QED) is 0.408. The van der Waals surface area contributed by atoms with Crippen LogP contribution in [-0.2, 0) is 19.6 Å². The van der Waals surface area contributed by atoms with Gasteiger partial charge in [0, 0.05) is 42.6 Å². The van der Waals surface area contributed by atoms with Crippen LogP contribution >= 0.6 is 0 Å². The zero-order valence-electron chi connectivity index (χ0n) is 18.3. The highest BCUT2D eigenvalue weighted by molar-refractivity contribution is 5.93. The highest BCUT2D eigenvalue weighted by atomic mass is 19.1. The number of carboxylic acids is 1. The molecule has 10 heteroatoms. The van der Waals surface area contributed by atoms with Crippen molar-refractivity contribution in [3.8, 4) is 5.69 Å². The number of hydrogen-bond donors (Lipinski definition) is 2. The number of nitrogens with one attached hydrogen (secondary N) is 1. The van der Waals surface area contributed by atoms with Crippen LogP contribution in [0.1, 0.15) is 27.2 Å². The predicted molar refractivity (Wildman–Crippen MR) is 126 cm³/mol. The van der Waals surface area contributed by atoms with E-state index in [0.29, 0.717) is 30.8 Å². The van der Waals surface area contributed by atoms with E-state index < -0.39 is 22.8 Å². The Labute approximate surface area is 197 Å². The molecule has 174 valence electrons. The normalized spacial score (nSPS) is 12.9. The summed E-state index contributed by atoms with van der Waals surface area (Å²) in [4.78, 5) is 26.5. The van der Waals surface area contributed by atoms with Crippen molar-refractivity contribution in [1.29, 1.82) is 0 Å². The number of rotatable bonds is 5. The van der Waals surface area contributed by atoms with Crippen LogP contribution in [0.4, 0.5) is 10.1 Å². The van der Waals surface area contributed by atoms with Gasteiger partial charge in [0.25, 0.3) is 0 Å². The lowest BCUT2D eigenvalue weighted by Crippen LogP contribution is -2.21. The van der Waals surface area contributed by atoms with Crippen molar-refractivity contribution in [2.75, 3.05) is 4.90 Å². The van der Waals surface area contributed by atoms with Gasteiger partial charge in [0.15, 0.2) is 0 Å². The highest BCUT2D eigenvalue weighted by Gasteiger charge is 2.25. The number of aromatic nitrogens is 5. The number of fused-ring (bicyclic) bond motifs is 2. The smallest absolute Gasteiger partial charge is 0.341 e. The van der Waals surface area contributed by atoms with Gasteiger partial charge in [0.2, 0.25) is 5.43 Å². The lowest BCUT2D eigenvalue weighted by atomic mass is 10.1. The number of aromatic amines is 1. The van der Waals surface area contributed by atoms with Crippen LogP contribution in [0.3, 0.4) is 0 Å². The Morgan fingerprint density at radius 3 is 2.71 bits per heavy atom. The topological polar surface area (TPSA) is 109 Å². The zero-order valence-corrected chi connectivity index (χ0v) is 18.3. The first-order valence-electron chi connectivity index (χ1n) is 10.9. The van der Waals surface area contributed by atoms with Gasteiger partial charge in [-0.25, -0.2) is 13.9 Å². The van der Waals surface area contributed by atoms with Gasteiger partial charge in [0.05, 0.1) is 35.3 Å². The van der Waals surface area contributed by atoms with Gasteiger partial charge in [-0.15, -0.1) is 0 Å². The summed E-state index contributed by atoms with van der Waals surface area (Å²) in [6.45, 7) is 1.25. The SMILES string of the molecule is O=C(O)c1cn(Cc2ccc(-n3cccn3)cc2)c2cc(N3Cc4cn[nH]c4C3)c(F)cc2c1=O. The van der Waals surface area contributed by atoms with Gasteiger partial charge < -0.3 is 14.6 Å². The van der Waals surface area contributed by atoms with E-state index in [-0.39, 0.29) is 5.39 Å². The number of carboxylic acid groups (broad SMARTS) is 1. The third-order valence-electron chi connectivity index (χ3n) is 6.30. The van der Waals surface area contributed by atoms with Crippen LogP contribution in [0.25, 0.3) is 16.6 Å². The number of H-pyrrole nitrogens is 1. The fraction of sp³-hybridized carbons (Fsp3) is 0.120. The first-order chi connectivity index (χ1) is 17.0. The van der Waals surface area contributed by atoms with E-state index in [2.05, 4.69) is 15.3 Å².